The smallest absolute Gasteiger partial charge is 0.141 e. The summed E-state index contributed by atoms with van der Waals surface area (Å²) in [6.45, 7) is 0.877. The predicted molar refractivity (Wildman–Crippen MR) is 81.4 cm³/mol. The summed E-state index contributed by atoms with van der Waals surface area (Å²) in [5, 5.41) is 3.48. The van der Waals surface area contributed by atoms with Gasteiger partial charge in [0.1, 0.15) is 5.75 Å². The van der Waals surface area contributed by atoms with E-state index < -0.39 is 0 Å². The fraction of sp³-hybridized carbons (Fsp3) is 0.647. The molecule has 1 saturated carbocycles. The zero-order valence-corrected chi connectivity index (χ0v) is 12.4. The summed E-state index contributed by atoms with van der Waals surface area (Å²) in [5.41, 5.74) is 1.27. The Kier molecular flexibility index (Phi) is 4.16. The number of hydrogen-bond donors (Lipinski definition) is 1. The Morgan fingerprint density at radius 3 is 2.80 bits per heavy atom. The second-order valence-corrected chi connectivity index (χ2v) is 6.10. The average molecular weight is 275 g/mol. The number of benzene rings is 1. The Labute approximate surface area is 121 Å². The molecule has 1 unspecified atom stereocenters. The quantitative estimate of drug-likeness (QED) is 0.901. The molecule has 1 atom stereocenters. The molecule has 3 rings (SSSR count). The normalized spacial score (nSPS) is 24.8. The van der Waals surface area contributed by atoms with Crippen LogP contribution in [0.5, 0.6) is 5.75 Å². The molecule has 1 aromatic carbocycles. The van der Waals surface area contributed by atoms with Crippen LogP contribution in [0.3, 0.4) is 0 Å². The fourth-order valence-corrected chi connectivity index (χ4v) is 3.62. The molecule has 3 heteroatoms. The summed E-state index contributed by atoms with van der Waals surface area (Å²) in [4.78, 5) is 0. The standard InChI is InChI=1S/C17H25NO2/c1-19-16-8-4-3-7-15(16)18-13-14-9-12-17(20-14)10-5-2-6-11-17/h3-4,7-8,14,18H,2,5-6,9-13H2,1H3. The van der Waals surface area contributed by atoms with Crippen molar-refractivity contribution in [2.24, 2.45) is 0 Å². The Morgan fingerprint density at radius 1 is 1.20 bits per heavy atom. The second-order valence-electron chi connectivity index (χ2n) is 6.10. The molecule has 0 radical (unpaired) electrons. The maximum atomic E-state index is 6.38. The van der Waals surface area contributed by atoms with Gasteiger partial charge in [-0.1, -0.05) is 31.4 Å². The highest BCUT2D eigenvalue weighted by atomic mass is 16.5. The van der Waals surface area contributed by atoms with Crippen LogP contribution in [0, 0.1) is 0 Å². The molecule has 2 fully saturated rings. The molecule has 1 spiro atoms. The van der Waals surface area contributed by atoms with Gasteiger partial charge in [-0.25, -0.2) is 0 Å². The van der Waals surface area contributed by atoms with Gasteiger partial charge >= 0.3 is 0 Å². The third-order valence-corrected chi connectivity index (χ3v) is 4.73. The van der Waals surface area contributed by atoms with Gasteiger partial charge in [-0.3, -0.25) is 0 Å². The molecule has 0 amide bonds. The molecule has 20 heavy (non-hydrogen) atoms. The topological polar surface area (TPSA) is 30.5 Å². The summed E-state index contributed by atoms with van der Waals surface area (Å²) < 4.78 is 11.7. The molecule has 1 aliphatic carbocycles. The molecular formula is C17H25NO2. The summed E-state index contributed by atoms with van der Waals surface area (Å²) in [5.74, 6) is 0.901. The molecule has 1 saturated heterocycles. The number of nitrogens with one attached hydrogen (secondary N) is 1. The lowest BCUT2D eigenvalue weighted by atomic mass is 9.83. The van der Waals surface area contributed by atoms with Gasteiger partial charge in [0.25, 0.3) is 0 Å². The van der Waals surface area contributed by atoms with E-state index in [1.54, 1.807) is 7.11 Å². The van der Waals surface area contributed by atoms with Gasteiger partial charge in [0, 0.05) is 6.54 Å². The number of methoxy groups -OCH3 is 1. The van der Waals surface area contributed by atoms with E-state index in [9.17, 15) is 0 Å². The molecule has 1 heterocycles. The van der Waals surface area contributed by atoms with Crippen molar-refractivity contribution in [3.63, 3.8) is 0 Å². The number of para-hydroxylation sites is 2. The lowest BCUT2D eigenvalue weighted by molar-refractivity contribution is -0.0588. The average Bonchev–Trinajstić information content (AvgIpc) is 2.89. The highest BCUT2D eigenvalue weighted by molar-refractivity contribution is 5.56. The SMILES string of the molecule is COc1ccccc1NCC1CCC2(CCCCC2)O1. The minimum absolute atomic E-state index is 0.214. The van der Waals surface area contributed by atoms with Gasteiger partial charge in [-0.2, -0.15) is 0 Å². The van der Waals surface area contributed by atoms with Crippen LogP contribution in [-0.2, 0) is 4.74 Å². The molecule has 3 nitrogen and oxygen atoms in total. The van der Waals surface area contributed by atoms with Crippen molar-refractivity contribution in [2.75, 3.05) is 19.0 Å². The van der Waals surface area contributed by atoms with Crippen molar-refractivity contribution >= 4 is 5.69 Å². The Balaban J connectivity index is 1.54. The molecule has 1 aliphatic heterocycles. The molecular weight excluding hydrogens is 250 g/mol. The lowest BCUT2D eigenvalue weighted by Gasteiger charge is -2.33. The van der Waals surface area contributed by atoms with Crippen molar-refractivity contribution in [2.45, 2.75) is 56.7 Å². The van der Waals surface area contributed by atoms with Crippen molar-refractivity contribution in [1.82, 2.24) is 0 Å². The first-order chi connectivity index (χ1) is 9.81. The molecule has 1 N–H and O–H groups in total. The lowest BCUT2D eigenvalue weighted by Crippen LogP contribution is -2.33. The summed E-state index contributed by atoms with van der Waals surface area (Å²) in [6, 6.07) is 8.07. The third kappa shape index (κ3) is 2.93. The van der Waals surface area contributed by atoms with E-state index in [-0.39, 0.29) is 5.60 Å². The van der Waals surface area contributed by atoms with E-state index in [4.69, 9.17) is 9.47 Å². The second kappa shape index (κ2) is 6.04. The van der Waals surface area contributed by atoms with Gasteiger partial charge in [-0.05, 0) is 37.8 Å². The largest absolute Gasteiger partial charge is 0.495 e. The first-order valence-corrected chi connectivity index (χ1v) is 7.86. The third-order valence-electron chi connectivity index (χ3n) is 4.73. The number of hydrogen-bond acceptors (Lipinski definition) is 3. The Hall–Kier alpha value is -1.22. The number of ether oxygens (including phenoxy) is 2. The van der Waals surface area contributed by atoms with E-state index in [1.165, 1.54) is 44.9 Å². The summed E-state index contributed by atoms with van der Waals surface area (Å²) >= 11 is 0. The van der Waals surface area contributed by atoms with Crippen LogP contribution in [0.4, 0.5) is 5.69 Å². The minimum atomic E-state index is 0.214. The van der Waals surface area contributed by atoms with Gasteiger partial charge in [0.15, 0.2) is 0 Å². The maximum Gasteiger partial charge on any atom is 0.141 e. The summed E-state index contributed by atoms with van der Waals surface area (Å²) in [6.07, 6.45) is 9.36. The van der Waals surface area contributed by atoms with Gasteiger partial charge in [0.2, 0.25) is 0 Å². The molecule has 110 valence electrons. The highest BCUT2D eigenvalue weighted by Crippen LogP contribution is 2.42. The zero-order chi connectivity index (χ0) is 13.8. The van der Waals surface area contributed by atoms with Gasteiger partial charge < -0.3 is 14.8 Å². The van der Waals surface area contributed by atoms with E-state index in [1.807, 2.05) is 18.2 Å². The van der Waals surface area contributed by atoms with Gasteiger partial charge in [-0.15, -0.1) is 0 Å². The number of rotatable bonds is 4. The van der Waals surface area contributed by atoms with Gasteiger partial charge in [0.05, 0.1) is 24.5 Å². The molecule has 0 bridgehead atoms. The summed E-state index contributed by atoms with van der Waals surface area (Å²) in [7, 11) is 1.71. The molecule has 0 aromatic heterocycles. The maximum absolute atomic E-state index is 6.38. The van der Waals surface area contributed by atoms with E-state index in [2.05, 4.69) is 11.4 Å². The van der Waals surface area contributed by atoms with E-state index in [0.717, 1.165) is 18.0 Å². The van der Waals surface area contributed by atoms with Crippen LogP contribution in [0.2, 0.25) is 0 Å². The van der Waals surface area contributed by atoms with E-state index >= 15 is 0 Å². The van der Waals surface area contributed by atoms with E-state index in [0.29, 0.717) is 6.10 Å². The zero-order valence-electron chi connectivity index (χ0n) is 12.4. The van der Waals surface area contributed by atoms with Crippen LogP contribution in [0.25, 0.3) is 0 Å². The minimum Gasteiger partial charge on any atom is -0.495 e. The van der Waals surface area contributed by atoms with Crippen molar-refractivity contribution in [1.29, 1.82) is 0 Å². The van der Waals surface area contributed by atoms with Crippen molar-refractivity contribution in [3.05, 3.63) is 24.3 Å². The Morgan fingerprint density at radius 2 is 2.00 bits per heavy atom. The van der Waals surface area contributed by atoms with Crippen LogP contribution < -0.4 is 10.1 Å². The predicted octanol–water partition coefficient (Wildman–Crippen LogP) is 3.99. The first-order valence-electron chi connectivity index (χ1n) is 7.86. The fourth-order valence-electron chi connectivity index (χ4n) is 3.62. The molecule has 1 aromatic rings. The Bertz CT molecular complexity index is 440. The van der Waals surface area contributed by atoms with Crippen molar-refractivity contribution < 1.29 is 9.47 Å². The van der Waals surface area contributed by atoms with Crippen LogP contribution in [0.15, 0.2) is 24.3 Å². The monoisotopic (exact) mass is 275 g/mol. The van der Waals surface area contributed by atoms with Crippen LogP contribution in [-0.4, -0.2) is 25.4 Å². The van der Waals surface area contributed by atoms with Crippen LogP contribution >= 0.6 is 0 Å². The van der Waals surface area contributed by atoms with Crippen LogP contribution in [0.1, 0.15) is 44.9 Å². The number of anilines is 1. The molecule has 2 aliphatic rings. The highest BCUT2D eigenvalue weighted by Gasteiger charge is 2.40. The van der Waals surface area contributed by atoms with Crippen molar-refractivity contribution in [3.8, 4) is 5.75 Å². The first kappa shape index (κ1) is 13.7.